The van der Waals surface area contributed by atoms with E-state index in [0.717, 1.165) is 5.65 Å². The third-order valence-corrected chi connectivity index (χ3v) is 3.48. The predicted octanol–water partition coefficient (Wildman–Crippen LogP) is 3.85. The number of pyridine rings is 1. The monoisotopic (exact) mass is 332 g/mol. The van der Waals surface area contributed by atoms with Crippen molar-refractivity contribution in [2.24, 2.45) is 0 Å². The number of imidazole rings is 1. The molecule has 0 aliphatic rings. The molecule has 0 saturated heterocycles. The largest absolute Gasteiger partial charge is 0.454 e. The molecule has 0 aliphatic carbocycles. The molecule has 0 saturated carbocycles. The third kappa shape index (κ3) is 3.51. The van der Waals surface area contributed by atoms with Gasteiger partial charge in [0.1, 0.15) is 17.5 Å². The van der Waals surface area contributed by atoms with Crippen LogP contribution in [-0.4, -0.2) is 22.0 Å². The second-order valence-electron chi connectivity index (χ2n) is 5.11. The highest BCUT2D eigenvalue weighted by Crippen LogP contribution is 2.22. The first kappa shape index (κ1) is 15.9. The summed E-state index contributed by atoms with van der Waals surface area (Å²) < 4.78 is 35.7. The number of alkyl halides is 2. The number of benzene rings is 1. The van der Waals surface area contributed by atoms with Gasteiger partial charge in [0.05, 0.1) is 5.56 Å². The second kappa shape index (κ2) is 6.66. The minimum absolute atomic E-state index is 0.0536. The third-order valence-electron chi connectivity index (χ3n) is 3.48. The Balaban J connectivity index is 1.69. The highest BCUT2D eigenvalue weighted by molar-refractivity contribution is 5.89. The van der Waals surface area contributed by atoms with E-state index in [1.54, 1.807) is 54.2 Å². The Hall–Kier alpha value is -2.96. The van der Waals surface area contributed by atoms with Crippen LogP contribution in [-0.2, 0) is 4.74 Å². The molecule has 3 rings (SSSR count). The normalized spacial score (nSPS) is 12.3. The molecule has 2 aromatic heterocycles. The SMILES string of the molecule is CC(OC(=O)c1ccc2nccn2c1)c1ccc(OC(F)F)cc1. The first-order valence-corrected chi connectivity index (χ1v) is 7.21. The van der Waals surface area contributed by atoms with Gasteiger partial charge in [-0.1, -0.05) is 12.1 Å². The van der Waals surface area contributed by atoms with Gasteiger partial charge in [0.2, 0.25) is 0 Å². The maximum absolute atomic E-state index is 12.2. The van der Waals surface area contributed by atoms with E-state index in [1.165, 1.54) is 12.1 Å². The summed E-state index contributed by atoms with van der Waals surface area (Å²) >= 11 is 0. The Morgan fingerprint density at radius 1 is 1.17 bits per heavy atom. The molecule has 0 spiro atoms. The lowest BCUT2D eigenvalue weighted by molar-refractivity contribution is -0.0498. The van der Waals surface area contributed by atoms with Gasteiger partial charge in [-0.2, -0.15) is 8.78 Å². The minimum atomic E-state index is -2.87. The Bertz CT molecular complexity index is 846. The topological polar surface area (TPSA) is 52.8 Å². The van der Waals surface area contributed by atoms with Gasteiger partial charge in [-0.15, -0.1) is 0 Å². The summed E-state index contributed by atoms with van der Waals surface area (Å²) in [6, 6.07) is 9.32. The van der Waals surface area contributed by atoms with Crippen molar-refractivity contribution in [3.63, 3.8) is 0 Å². The lowest BCUT2D eigenvalue weighted by atomic mass is 10.1. The number of fused-ring (bicyclic) bond motifs is 1. The number of esters is 1. The summed E-state index contributed by atoms with van der Waals surface area (Å²) in [5, 5.41) is 0. The predicted molar refractivity (Wildman–Crippen MR) is 82.1 cm³/mol. The summed E-state index contributed by atoms with van der Waals surface area (Å²) in [5.74, 6) is -0.427. The number of carbonyl (C=O) groups excluding carboxylic acids is 1. The van der Waals surface area contributed by atoms with E-state index in [1.807, 2.05) is 0 Å². The maximum Gasteiger partial charge on any atom is 0.387 e. The quantitative estimate of drug-likeness (QED) is 0.666. The Morgan fingerprint density at radius 2 is 1.92 bits per heavy atom. The van der Waals surface area contributed by atoms with E-state index >= 15 is 0 Å². The number of rotatable bonds is 5. The molecule has 0 bridgehead atoms. The van der Waals surface area contributed by atoms with E-state index < -0.39 is 18.7 Å². The van der Waals surface area contributed by atoms with Crippen LogP contribution in [0.5, 0.6) is 5.75 Å². The average molecular weight is 332 g/mol. The van der Waals surface area contributed by atoms with Crippen LogP contribution in [0.15, 0.2) is 55.0 Å². The van der Waals surface area contributed by atoms with Crippen LogP contribution in [0.1, 0.15) is 28.9 Å². The molecule has 7 heteroatoms. The van der Waals surface area contributed by atoms with Crippen molar-refractivity contribution in [1.82, 2.24) is 9.38 Å². The zero-order chi connectivity index (χ0) is 17.1. The summed E-state index contributed by atoms with van der Waals surface area (Å²) in [6.07, 6.45) is 4.47. The molecule has 0 N–H and O–H groups in total. The Morgan fingerprint density at radius 3 is 2.62 bits per heavy atom. The van der Waals surface area contributed by atoms with Crippen LogP contribution in [0, 0.1) is 0 Å². The van der Waals surface area contributed by atoms with Crippen molar-refractivity contribution in [2.45, 2.75) is 19.6 Å². The van der Waals surface area contributed by atoms with Crippen LogP contribution < -0.4 is 4.74 Å². The van der Waals surface area contributed by atoms with Gasteiger partial charge >= 0.3 is 12.6 Å². The van der Waals surface area contributed by atoms with E-state index in [4.69, 9.17) is 4.74 Å². The molecule has 0 fully saturated rings. The van der Waals surface area contributed by atoms with E-state index in [-0.39, 0.29) is 5.75 Å². The molecule has 1 unspecified atom stereocenters. The summed E-state index contributed by atoms with van der Waals surface area (Å²) in [7, 11) is 0. The summed E-state index contributed by atoms with van der Waals surface area (Å²) in [6.45, 7) is -1.17. The van der Waals surface area contributed by atoms with Gasteiger partial charge < -0.3 is 13.9 Å². The van der Waals surface area contributed by atoms with Crippen molar-refractivity contribution < 1.29 is 23.0 Å². The summed E-state index contributed by atoms with van der Waals surface area (Å²) in [4.78, 5) is 16.3. The molecular formula is C17H14F2N2O3. The van der Waals surface area contributed by atoms with Crippen molar-refractivity contribution >= 4 is 11.6 Å². The standard InChI is InChI=1S/C17H14F2N2O3/c1-11(12-2-5-14(6-3-12)24-17(18)19)23-16(22)13-4-7-15-20-8-9-21(15)10-13/h2-11,17H,1H3. The second-order valence-corrected chi connectivity index (χ2v) is 5.11. The van der Waals surface area contributed by atoms with Crippen molar-refractivity contribution in [2.75, 3.05) is 0 Å². The Labute approximate surface area is 136 Å². The molecule has 0 radical (unpaired) electrons. The zero-order valence-corrected chi connectivity index (χ0v) is 12.7. The van der Waals surface area contributed by atoms with Crippen LogP contribution in [0.3, 0.4) is 0 Å². The van der Waals surface area contributed by atoms with Gasteiger partial charge in [-0.05, 0) is 36.8 Å². The number of nitrogens with zero attached hydrogens (tertiary/aromatic N) is 2. The number of aromatic nitrogens is 2. The molecular weight excluding hydrogens is 318 g/mol. The number of halogens is 2. The van der Waals surface area contributed by atoms with Crippen LogP contribution >= 0.6 is 0 Å². The number of ether oxygens (including phenoxy) is 2. The van der Waals surface area contributed by atoms with Gasteiger partial charge in [0.15, 0.2) is 0 Å². The molecule has 3 aromatic rings. The lowest BCUT2D eigenvalue weighted by Gasteiger charge is -2.14. The van der Waals surface area contributed by atoms with Gasteiger partial charge in [0.25, 0.3) is 0 Å². The Kier molecular flexibility index (Phi) is 4.41. The van der Waals surface area contributed by atoms with Crippen molar-refractivity contribution in [3.8, 4) is 5.75 Å². The molecule has 1 aromatic carbocycles. The van der Waals surface area contributed by atoms with Crippen molar-refractivity contribution in [1.29, 1.82) is 0 Å². The minimum Gasteiger partial charge on any atom is -0.454 e. The molecule has 1 atom stereocenters. The fraction of sp³-hybridized carbons (Fsp3) is 0.176. The number of hydrogen-bond acceptors (Lipinski definition) is 4. The van der Waals surface area contributed by atoms with Crippen LogP contribution in [0.2, 0.25) is 0 Å². The summed E-state index contributed by atoms with van der Waals surface area (Å²) in [5.41, 5.74) is 1.80. The molecule has 124 valence electrons. The van der Waals surface area contributed by atoms with Crippen molar-refractivity contribution in [3.05, 3.63) is 66.1 Å². The lowest BCUT2D eigenvalue weighted by Crippen LogP contribution is -2.10. The number of hydrogen-bond donors (Lipinski definition) is 0. The van der Waals surface area contributed by atoms with E-state index in [2.05, 4.69) is 9.72 Å². The molecule has 24 heavy (non-hydrogen) atoms. The van der Waals surface area contributed by atoms with Crippen LogP contribution in [0.4, 0.5) is 8.78 Å². The first-order valence-electron chi connectivity index (χ1n) is 7.21. The van der Waals surface area contributed by atoms with Gasteiger partial charge in [0, 0.05) is 18.6 Å². The highest BCUT2D eigenvalue weighted by atomic mass is 19.3. The smallest absolute Gasteiger partial charge is 0.387 e. The number of carbonyl (C=O) groups is 1. The van der Waals surface area contributed by atoms with Gasteiger partial charge in [-0.3, -0.25) is 0 Å². The average Bonchev–Trinajstić information content (AvgIpc) is 3.02. The maximum atomic E-state index is 12.2. The fourth-order valence-electron chi connectivity index (χ4n) is 2.26. The molecule has 0 aliphatic heterocycles. The first-order chi connectivity index (χ1) is 11.5. The molecule has 2 heterocycles. The van der Waals surface area contributed by atoms with E-state index in [9.17, 15) is 13.6 Å². The fourth-order valence-corrected chi connectivity index (χ4v) is 2.26. The molecule has 0 amide bonds. The zero-order valence-electron chi connectivity index (χ0n) is 12.7. The highest BCUT2D eigenvalue weighted by Gasteiger charge is 2.15. The van der Waals surface area contributed by atoms with Gasteiger partial charge in [-0.25, -0.2) is 9.78 Å². The van der Waals surface area contributed by atoms with E-state index in [0.29, 0.717) is 11.1 Å². The van der Waals surface area contributed by atoms with Crippen LogP contribution in [0.25, 0.3) is 5.65 Å². The molecule has 5 nitrogen and oxygen atoms in total.